The zero-order valence-electron chi connectivity index (χ0n) is 71.9. The molecule has 21 nitrogen and oxygen atoms in total. The van der Waals surface area contributed by atoms with Crippen LogP contribution < -0.4 is 0 Å². The van der Waals surface area contributed by atoms with Gasteiger partial charge in [-0.15, -0.1) is 0 Å². The summed E-state index contributed by atoms with van der Waals surface area (Å²) in [5, 5.41) is 70.5. The van der Waals surface area contributed by atoms with Gasteiger partial charge in [0, 0.05) is 70.6 Å². The molecule has 0 spiro atoms. The first kappa shape index (κ1) is 100. The molecule has 6 N–H and O–H groups in total. The average molecular weight is 1450 g/mol. The molecular weight excluding hydrogens is 1290 g/mol. The molecule has 0 radical (unpaired) electrons. The second kappa shape index (κ2) is 37.2. The summed E-state index contributed by atoms with van der Waals surface area (Å²) in [5.74, 6) is 0.532. The van der Waals surface area contributed by atoms with E-state index in [4.69, 9.17) is 9.05 Å². The van der Waals surface area contributed by atoms with Gasteiger partial charge in [0.05, 0.1) is 35.4 Å². The molecule has 4 rings (SSSR count). The van der Waals surface area contributed by atoms with Crippen molar-refractivity contribution in [1.82, 2.24) is 40.2 Å². The third kappa shape index (κ3) is 23.0. The first-order valence-corrected chi connectivity index (χ1v) is 39.9. The summed E-state index contributed by atoms with van der Waals surface area (Å²) in [6, 6.07) is 0. The van der Waals surface area contributed by atoms with Crippen molar-refractivity contribution in [2.45, 2.75) is 431 Å². The average Bonchev–Trinajstić information content (AvgIpc) is 0.736. The smallest absolute Gasteiger partial charge is 0.334 e. The van der Waals surface area contributed by atoms with Crippen LogP contribution in [0.5, 0.6) is 0 Å². The number of piperazine rings is 2. The largest absolute Gasteiger partial charge is 0.350 e. The number of hydrogen-bond donors (Lipinski definition) is 6. The molecule has 0 aliphatic carbocycles. The summed E-state index contributed by atoms with van der Waals surface area (Å²) >= 11 is 0. The predicted octanol–water partition coefficient (Wildman–Crippen LogP) is 18.8. The van der Waals surface area contributed by atoms with Crippen molar-refractivity contribution < 1.29 is 64.0 Å². The Hall–Kier alpha value is -2.05. The number of rotatable bonds is 18. The minimum absolute atomic E-state index is 0.0434. The molecule has 100 heavy (non-hydrogen) atoms. The molecule has 8 unspecified atom stereocenters. The van der Waals surface area contributed by atoms with Gasteiger partial charge in [-0.3, -0.25) is 18.9 Å². The Labute approximate surface area is 613 Å². The molecule has 8 atom stereocenters. The number of carbonyl (C=O) groups is 4. The highest BCUT2D eigenvalue weighted by Gasteiger charge is 2.60. The van der Waals surface area contributed by atoms with Crippen LogP contribution in [0.15, 0.2) is 0 Å². The van der Waals surface area contributed by atoms with Crippen molar-refractivity contribution in [2.75, 3.05) is 26.3 Å². The van der Waals surface area contributed by atoms with Crippen LogP contribution >= 0.6 is 7.60 Å². The van der Waals surface area contributed by atoms with E-state index in [1.165, 1.54) is 20.3 Å². The van der Waals surface area contributed by atoms with Crippen molar-refractivity contribution in [2.24, 2.45) is 23.2 Å². The maximum absolute atomic E-state index is 13.0. The SMILES string of the molecule is CC(C)(C)N(O)C(C)(C)C.CCC1(C)CC(=O)C(C)C(C)(CC)N1O.CCC1(C)CC(CC(C)=O)C(C)C(C)(CC)N1O.CCC1(CC)C(=O)N(C(C)(C)C)CC(C)(C)N1O.CCC1(CC)CN(C(C)(C)C)C(=O)C(CC)(CC)N1O.CCOP(=O)(OCC)C(N(O)C(C)(C)C)C(C)(C)C. The first-order valence-electron chi connectivity index (χ1n) is 38.2. The Morgan fingerprint density at radius 2 is 0.880 bits per heavy atom. The zero-order chi connectivity index (χ0) is 80.2. The monoisotopic (exact) mass is 1450 g/mol. The minimum atomic E-state index is -3.43. The summed E-state index contributed by atoms with van der Waals surface area (Å²) in [5.41, 5.74) is -5.36. The molecule has 4 fully saturated rings. The topological polar surface area (TPSA) is 251 Å². The van der Waals surface area contributed by atoms with Gasteiger partial charge in [-0.1, -0.05) is 104 Å². The summed E-state index contributed by atoms with van der Waals surface area (Å²) in [6.07, 6.45) is 9.54. The molecule has 0 aromatic carbocycles. The van der Waals surface area contributed by atoms with Gasteiger partial charge in [0.2, 0.25) is 11.8 Å². The number of Topliss-reactive ketones (excluding diaryl/α,β-unsaturated/α-hetero) is 2. The first-order chi connectivity index (χ1) is 44.7. The second-order valence-corrected chi connectivity index (χ2v) is 39.1. The lowest BCUT2D eigenvalue weighted by atomic mass is 9.64. The van der Waals surface area contributed by atoms with E-state index in [1.807, 2.05) is 190 Å². The zero-order valence-corrected chi connectivity index (χ0v) is 72.8. The van der Waals surface area contributed by atoms with Crippen LogP contribution in [0.2, 0.25) is 0 Å². The number of amides is 2. The van der Waals surface area contributed by atoms with Crippen molar-refractivity contribution in [3.63, 3.8) is 0 Å². The van der Waals surface area contributed by atoms with Crippen LogP contribution in [-0.4, -0.2) is 199 Å². The Morgan fingerprint density at radius 1 is 0.520 bits per heavy atom. The summed E-state index contributed by atoms with van der Waals surface area (Å²) in [7, 11) is -3.43. The lowest BCUT2D eigenvalue weighted by Gasteiger charge is -2.59. The van der Waals surface area contributed by atoms with E-state index in [2.05, 4.69) is 69.2 Å². The lowest BCUT2D eigenvalue weighted by Crippen LogP contribution is -2.75. The van der Waals surface area contributed by atoms with Crippen molar-refractivity contribution in [3.8, 4) is 0 Å². The van der Waals surface area contributed by atoms with E-state index >= 15 is 0 Å². The third-order valence-corrected chi connectivity index (χ3v) is 26.0. The highest BCUT2D eigenvalue weighted by molar-refractivity contribution is 7.54. The van der Waals surface area contributed by atoms with Crippen LogP contribution in [-0.2, 0) is 32.8 Å². The molecule has 4 saturated heterocycles. The molecule has 4 aliphatic rings. The maximum atomic E-state index is 13.0. The fraction of sp³-hybridized carbons (Fsp3) is 0.949. The van der Waals surface area contributed by atoms with E-state index in [1.54, 1.807) is 25.8 Å². The number of hydrogen-bond acceptors (Lipinski definition) is 19. The predicted molar refractivity (Wildman–Crippen MR) is 408 cm³/mol. The molecule has 2 amide bonds. The number of piperidine rings is 2. The van der Waals surface area contributed by atoms with Gasteiger partial charge in [-0.2, -0.15) is 30.4 Å². The van der Waals surface area contributed by atoms with Gasteiger partial charge < -0.3 is 54.9 Å². The molecule has 596 valence electrons. The minimum Gasteiger partial charge on any atom is -0.334 e. The molecule has 22 heteroatoms. The standard InChI is InChI=1S/C16H32N2O2.C15H29NO2.C14H28N2O2.C13H30NO4P.C12H23NO2.C8H19NO/c1-8-15(9-2)12-17(14(5,6)7)13(19)16(10-3,11-4)18(15)20;1-7-14(5)10-13(9-11(3)17)12(4)15(6,8-2)16(14)18;1-8-14(9-2)11(17)15(12(3,4)5)10-13(6,7)16(14)18;1-9-17-19(16,18-10-2)11(12(3,4)5)14(15)13(6,7)8;1-6-11(4)8-10(14)9(3)12(5,7-2)13(11)15;1-7(2,3)9(10)8(4,5)6/h20H,8-12H2,1-7H3;12-13,18H,7-10H2,1-6H3;18H,8-10H2,1-7H3;11,15H,9-10H2,1-8H3;9,15H,6-8H2,1-5H3;10H,1-6H3. The number of ketones is 2. The summed E-state index contributed by atoms with van der Waals surface area (Å²) < 4.78 is 23.8. The van der Waals surface area contributed by atoms with Crippen molar-refractivity contribution in [3.05, 3.63) is 0 Å². The Bertz CT molecular complexity index is 2550. The molecule has 0 bridgehead atoms. The van der Waals surface area contributed by atoms with Crippen molar-refractivity contribution in [1.29, 1.82) is 0 Å². The fourth-order valence-corrected chi connectivity index (χ4v) is 17.8. The van der Waals surface area contributed by atoms with E-state index in [9.17, 15) is 55.0 Å². The van der Waals surface area contributed by atoms with Gasteiger partial charge in [-0.05, 0) is 254 Å². The molecular formula is C78H161N8O13P. The van der Waals surface area contributed by atoms with Gasteiger partial charge in [0.1, 0.15) is 28.4 Å². The fourth-order valence-electron chi connectivity index (χ4n) is 15.1. The van der Waals surface area contributed by atoms with Gasteiger partial charge in [0.25, 0.3) is 0 Å². The Balaban J connectivity index is 0. The van der Waals surface area contributed by atoms with Crippen LogP contribution in [0.4, 0.5) is 0 Å². The van der Waals surface area contributed by atoms with Crippen LogP contribution in [0.1, 0.15) is 353 Å². The van der Waals surface area contributed by atoms with Crippen molar-refractivity contribution >= 4 is 31.0 Å². The van der Waals surface area contributed by atoms with Crippen LogP contribution in [0.3, 0.4) is 0 Å². The van der Waals surface area contributed by atoms with Gasteiger partial charge in [-0.25, -0.2) is 0 Å². The highest BCUT2D eigenvalue weighted by Crippen LogP contribution is 2.60. The maximum Gasteiger partial charge on any atom is 0.350 e. The normalized spacial score (nSPS) is 27.6. The highest BCUT2D eigenvalue weighted by atomic mass is 31.2. The van der Waals surface area contributed by atoms with E-state index in [0.29, 0.717) is 63.5 Å². The number of nitrogens with zero attached hydrogens (tertiary/aromatic N) is 8. The van der Waals surface area contributed by atoms with Gasteiger partial charge in [0.15, 0.2) is 0 Å². The summed E-state index contributed by atoms with van der Waals surface area (Å²) in [6.45, 7) is 79.1. The second-order valence-electron chi connectivity index (χ2n) is 37.0. The molecule has 4 heterocycles. The Morgan fingerprint density at radius 3 is 1.16 bits per heavy atom. The molecule has 0 aromatic rings. The van der Waals surface area contributed by atoms with Crippen LogP contribution in [0, 0.1) is 23.2 Å². The summed E-state index contributed by atoms with van der Waals surface area (Å²) in [4.78, 5) is 53.1. The quantitative estimate of drug-likeness (QED) is 0.0551. The van der Waals surface area contributed by atoms with Crippen LogP contribution in [0.25, 0.3) is 0 Å². The lowest BCUT2D eigenvalue weighted by molar-refractivity contribution is -0.280. The molecule has 4 aliphatic heterocycles. The molecule has 0 saturated carbocycles. The van der Waals surface area contributed by atoms with Gasteiger partial charge >= 0.3 is 7.60 Å². The van der Waals surface area contributed by atoms with E-state index in [0.717, 1.165) is 50.0 Å². The Kier molecular flexibility index (Phi) is 37.2. The van der Waals surface area contributed by atoms with E-state index < -0.39 is 52.0 Å². The third-order valence-electron chi connectivity index (χ3n) is 23.1. The molecule has 0 aromatic heterocycles. The van der Waals surface area contributed by atoms with E-state index in [-0.39, 0.29) is 81.3 Å². The number of hydroxylamine groups is 12. The number of carbonyl (C=O) groups excluding carboxylic acids is 4.